The molecule has 1 saturated carbocycles. The molecule has 0 radical (unpaired) electrons. The van der Waals surface area contributed by atoms with E-state index in [0.29, 0.717) is 19.6 Å². The number of hydrogen-bond donors (Lipinski definition) is 2. The number of carbonyl (C=O) groups excluding carboxylic acids is 2. The van der Waals surface area contributed by atoms with Crippen molar-refractivity contribution < 1.29 is 9.59 Å². The molecule has 152 valence electrons. The number of carbonyl (C=O) groups is 2. The van der Waals surface area contributed by atoms with Crippen molar-refractivity contribution in [2.24, 2.45) is 0 Å². The van der Waals surface area contributed by atoms with Gasteiger partial charge in [0.05, 0.1) is 12.5 Å². The maximum atomic E-state index is 12.7. The summed E-state index contributed by atoms with van der Waals surface area (Å²) in [5.41, 5.74) is 2.57. The van der Waals surface area contributed by atoms with Crippen molar-refractivity contribution >= 4 is 11.8 Å². The fraction of sp³-hybridized carbons (Fsp3) is 0.565. The van der Waals surface area contributed by atoms with Gasteiger partial charge in [-0.15, -0.1) is 0 Å². The Kier molecular flexibility index (Phi) is 6.89. The van der Waals surface area contributed by atoms with Gasteiger partial charge >= 0.3 is 0 Å². The summed E-state index contributed by atoms with van der Waals surface area (Å²) in [4.78, 5) is 27.2. The molecule has 1 heterocycles. The molecular formula is C23H33N3O2. The normalized spacial score (nSPS) is 21.8. The molecule has 2 amide bonds. The molecule has 1 aromatic carbocycles. The monoisotopic (exact) mass is 383 g/mol. The summed E-state index contributed by atoms with van der Waals surface area (Å²) in [7, 11) is 0. The number of nitrogens with one attached hydrogen (secondary N) is 2. The van der Waals surface area contributed by atoms with Gasteiger partial charge in [0.1, 0.15) is 0 Å². The van der Waals surface area contributed by atoms with Crippen molar-refractivity contribution in [2.45, 2.75) is 57.4 Å². The van der Waals surface area contributed by atoms with Crippen LogP contribution in [0.4, 0.5) is 0 Å². The number of benzene rings is 1. The third kappa shape index (κ3) is 5.02. The number of amides is 2. The molecule has 0 spiro atoms. The molecule has 2 aliphatic rings. The predicted molar refractivity (Wildman–Crippen MR) is 112 cm³/mol. The van der Waals surface area contributed by atoms with E-state index in [4.69, 9.17) is 0 Å². The summed E-state index contributed by atoms with van der Waals surface area (Å²) in [6.07, 6.45) is 6.94. The molecule has 5 heteroatoms. The lowest BCUT2D eigenvalue weighted by Gasteiger charge is -2.34. The smallest absolute Gasteiger partial charge is 0.237 e. The summed E-state index contributed by atoms with van der Waals surface area (Å²) < 4.78 is 0. The molecule has 1 aliphatic carbocycles. The summed E-state index contributed by atoms with van der Waals surface area (Å²) in [6.45, 7) is 6.89. The maximum Gasteiger partial charge on any atom is 0.237 e. The predicted octanol–water partition coefficient (Wildman–Crippen LogP) is 2.77. The molecule has 1 atom stereocenters. The van der Waals surface area contributed by atoms with Gasteiger partial charge in [0.25, 0.3) is 0 Å². The first-order chi connectivity index (χ1) is 13.5. The Hall–Kier alpha value is -2.14. The van der Waals surface area contributed by atoms with Gasteiger partial charge in [0, 0.05) is 31.6 Å². The molecule has 0 aromatic heterocycles. The Balaban J connectivity index is 1.62. The highest BCUT2D eigenvalue weighted by Gasteiger charge is 2.36. The van der Waals surface area contributed by atoms with Crippen LogP contribution in [-0.4, -0.2) is 48.9 Å². The van der Waals surface area contributed by atoms with Crippen molar-refractivity contribution in [1.82, 2.24) is 15.5 Å². The molecular weight excluding hydrogens is 350 g/mol. The van der Waals surface area contributed by atoms with Gasteiger partial charge in [-0.2, -0.15) is 0 Å². The zero-order chi connectivity index (χ0) is 20.0. The lowest BCUT2D eigenvalue weighted by molar-refractivity contribution is -0.133. The van der Waals surface area contributed by atoms with E-state index in [1.165, 1.54) is 24.0 Å². The number of rotatable bonds is 7. The number of nitrogens with zero attached hydrogens (tertiary/aromatic N) is 1. The summed E-state index contributed by atoms with van der Waals surface area (Å²) in [5, 5.41) is 6.06. The van der Waals surface area contributed by atoms with Crippen molar-refractivity contribution in [3.05, 3.63) is 47.5 Å². The Morgan fingerprint density at radius 1 is 1.25 bits per heavy atom. The second kappa shape index (κ2) is 9.37. The van der Waals surface area contributed by atoms with Crippen molar-refractivity contribution in [3.63, 3.8) is 0 Å². The Morgan fingerprint density at radius 3 is 2.64 bits per heavy atom. The number of hydrogen-bond acceptors (Lipinski definition) is 3. The van der Waals surface area contributed by atoms with Gasteiger partial charge in [0.2, 0.25) is 11.8 Å². The van der Waals surface area contributed by atoms with Crippen LogP contribution in [0.25, 0.3) is 0 Å². The van der Waals surface area contributed by atoms with Crippen molar-refractivity contribution in [1.29, 1.82) is 0 Å². The largest absolute Gasteiger partial charge is 0.355 e. The Labute approximate surface area is 168 Å². The van der Waals surface area contributed by atoms with E-state index in [2.05, 4.69) is 59.7 Å². The van der Waals surface area contributed by atoms with Crippen LogP contribution >= 0.6 is 0 Å². The van der Waals surface area contributed by atoms with Crippen LogP contribution < -0.4 is 10.6 Å². The molecule has 3 rings (SSSR count). The Bertz CT molecular complexity index is 704. The highest BCUT2D eigenvalue weighted by molar-refractivity contribution is 5.88. The Morgan fingerprint density at radius 2 is 1.96 bits per heavy atom. The SMILES string of the molecule is CC(C)=CCN1CCNC(=O)[C@@H]1CC(=O)NCC1(c2ccccc2)CCCC1. The standard InChI is InChI=1S/C23H33N3O2/c1-18(2)10-14-26-15-13-24-22(28)20(26)16-21(27)25-17-23(11-6-7-12-23)19-8-4-3-5-9-19/h3-5,8-10,20H,6-7,11-17H2,1-2H3,(H,24,28)(H,25,27)/t20-/m0/s1. The molecule has 5 nitrogen and oxygen atoms in total. The van der Waals surface area contributed by atoms with E-state index in [1.807, 2.05) is 6.07 Å². The van der Waals surface area contributed by atoms with Crippen LogP contribution in [0.5, 0.6) is 0 Å². The van der Waals surface area contributed by atoms with Gasteiger partial charge in [-0.3, -0.25) is 14.5 Å². The fourth-order valence-electron chi connectivity index (χ4n) is 4.43. The van der Waals surface area contributed by atoms with Gasteiger partial charge in [-0.25, -0.2) is 0 Å². The van der Waals surface area contributed by atoms with Crippen LogP contribution in [0.3, 0.4) is 0 Å². The number of piperazine rings is 1. The molecule has 1 aliphatic heterocycles. The molecule has 2 N–H and O–H groups in total. The van der Waals surface area contributed by atoms with Gasteiger partial charge < -0.3 is 10.6 Å². The minimum Gasteiger partial charge on any atom is -0.355 e. The van der Waals surface area contributed by atoms with Crippen LogP contribution in [0.15, 0.2) is 42.0 Å². The fourth-order valence-corrected chi connectivity index (χ4v) is 4.43. The van der Waals surface area contributed by atoms with E-state index >= 15 is 0 Å². The number of allylic oxidation sites excluding steroid dienone is 1. The van der Waals surface area contributed by atoms with E-state index in [-0.39, 0.29) is 29.7 Å². The maximum absolute atomic E-state index is 12.7. The average Bonchev–Trinajstić information content (AvgIpc) is 3.18. The molecule has 2 fully saturated rings. The minimum absolute atomic E-state index is 0.0352. The summed E-state index contributed by atoms with van der Waals surface area (Å²) in [5.74, 6) is -0.0753. The van der Waals surface area contributed by atoms with E-state index in [9.17, 15) is 9.59 Å². The zero-order valence-electron chi connectivity index (χ0n) is 17.2. The second-order valence-electron chi connectivity index (χ2n) is 8.42. The topological polar surface area (TPSA) is 61.4 Å². The zero-order valence-corrected chi connectivity index (χ0v) is 17.2. The lowest BCUT2D eigenvalue weighted by Crippen LogP contribution is -2.56. The van der Waals surface area contributed by atoms with Gasteiger partial charge in [-0.1, -0.05) is 54.8 Å². The van der Waals surface area contributed by atoms with Crippen LogP contribution in [0, 0.1) is 0 Å². The van der Waals surface area contributed by atoms with Gasteiger partial charge in [0.15, 0.2) is 0 Å². The quantitative estimate of drug-likeness (QED) is 0.712. The van der Waals surface area contributed by atoms with Crippen molar-refractivity contribution in [3.8, 4) is 0 Å². The highest BCUT2D eigenvalue weighted by Crippen LogP contribution is 2.40. The average molecular weight is 384 g/mol. The molecule has 28 heavy (non-hydrogen) atoms. The van der Waals surface area contributed by atoms with Crippen LogP contribution in [0.2, 0.25) is 0 Å². The summed E-state index contributed by atoms with van der Waals surface area (Å²) in [6, 6.07) is 10.1. The van der Waals surface area contributed by atoms with E-state index in [1.54, 1.807) is 0 Å². The lowest BCUT2D eigenvalue weighted by atomic mass is 9.79. The third-order valence-electron chi connectivity index (χ3n) is 6.13. The van der Waals surface area contributed by atoms with Crippen molar-refractivity contribution in [2.75, 3.05) is 26.2 Å². The minimum atomic E-state index is -0.388. The highest BCUT2D eigenvalue weighted by atomic mass is 16.2. The molecule has 1 aromatic rings. The van der Waals surface area contributed by atoms with Gasteiger partial charge in [-0.05, 0) is 32.3 Å². The molecule has 0 unspecified atom stereocenters. The van der Waals surface area contributed by atoms with E-state index in [0.717, 1.165) is 19.4 Å². The van der Waals surface area contributed by atoms with Crippen LogP contribution in [-0.2, 0) is 15.0 Å². The first-order valence-electron chi connectivity index (χ1n) is 10.5. The second-order valence-corrected chi connectivity index (χ2v) is 8.42. The molecule has 0 bridgehead atoms. The van der Waals surface area contributed by atoms with Crippen LogP contribution in [0.1, 0.15) is 51.5 Å². The molecule has 1 saturated heterocycles. The third-order valence-corrected chi connectivity index (χ3v) is 6.13. The summed E-state index contributed by atoms with van der Waals surface area (Å²) >= 11 is 0. The first kappa shape index (κ1) is 20.6. The van der Waals surface area contributed by atoms with E-state index < -0.39 is 0 Å². The first-order valence-corrected chi connectivity index (χ1v) is 10.5.